The van der Waals surface area contributed by atoms with Crippen LogP contribution < -0.4 is 4.74 Å². The highest BCUT2D eigenvalue weighted by Crippen LogP contribution is 2.31. The molecule has 1 heterocycles. The van der Waals surface area contributed by atoms with Crippen molar-refractivity contribution in [2.45, 2.75) is 20.2 Å². The van der Waals surface area contributed by atoms with E-state index in [0.29, 0.717) is 6.07 Å². The van der Waals surface area contributed by atoms with E-state index in [1.807, 2.05) is 0 Å². The molecule has 0 aliphatic rings. The van der Waals surface area contributed by atoms with Gasteiger partial charge in [0.05, 0.1) is 22.8 Å². The Morgan fingerprint density at radius 1 is 1.50 bits per heavy atom. The standard InChI is InChI=1S/C10H9F3N2O5/c1-3-19-9(16)6-4-7(15(17)18)8(14-5(6)2)20-10(11,12)13/h4H,3H2,1-2H3. The van der Waals surface area contributed by atoms with Crippen molar-refractivity contribution in [1.82, 2.24) is 4.98 Å². The number of nitrogens with zero attached hydrogens (tertiary/aromatic N) is 2. The van der Waals surface area contributed by atoms with Crippen molar-refractivity contribution in [3.05, 3.63) is 27.4 Å². The fourth-order valence-corrected chi connectivity index (χ4v) is 1.30. The lowest BCUT2D eigenvalue weighted by atomic mass is 10.2. The number of carbonyl (C=O) groups is 1. The molecule has 0 amide bonds. The molecule has 1 aromatic rings. The largest absolute Gasteiger partial charge is 0.574 e. The van der Waals surface area contributed by atoms with E-state index < -0.39 is 28.8 Å². The molecule has 7 nitrogen and oxygen atoms in total. The number of aromatic nitrogens is 1. The number of esters is 1. The molecule has 0 aliphatic heterocycles. The molecular formula is C10H9F3N2O5. The summed E-state index contributed by atoms with van der Waals surface area (Å²) in [6, 6.07) is 0.640. The summed E-state index contributed by atoms with van der Waals surface area (Å²) in [6.45, 7) is 2.72. The molecule has 0 bridgehead atoms. The van der Waals surface area contributed by atoms with Crippen LogP contribution >= 0.6 is 0 Å². The molecule has 1 rings (SSSR count). The number of hydrogen-bond acceptors (Lipinski definition) is 6. The molecule has 0 atom stereocenters. The number of rotatable bonds is 4. The fourth-order valence-electron chi connectivity index (χ4n) is 1.30. The van der Waals surface area contributed by atoms with Crippen LogP contribution in [-0.4, -0.2) is 28.8 Å². The molecule has 0 N–H and O–H groups in total. The molecule has 1 aromatic heterocycles. The Morgan fingerprint density at radius 3 is 2.55 bits per heavy atom. The summed E-state index contributed by atoms with van der Waals surface area (Å²) in [4.78, 5) is 24.4. The van der Waals surface area contributed by atoms with Gasteiger partial charge in [0.1, 0.15) is 0 Å². The minimum Gasteiger partial charge on any atom is -0.462 e. The summed E-state index contributed by atoms with van der Waals surface area (Å²) in [6.07, 6.45) is -5.13. The van der Waals surface area contributed by atoms with E-state index >= 15 is 0 Å². The lowest BCUT2D eigenvalue weighted by Gasteiger charge is -2.10. The van der Waals surface area contributed by atoms with Crippen molar-refractivity contribution in [3.63, 3.8) is 0 Å². The SMILES string of the molecule is CCOC(=O)c1cc([N+](=O)[O-])c(OC(F)(F)F)nc1C. The Balaban J connectivity index is 3.32. The highest BCUT2D eigenvalue weighted by atomic mass is 19.4. The van der Waals surface area contributed by atoms with Gasteiger partial charge in [-0.3, -0.25) is 10.1 Å². The highest BCUT2D eigenvalue weighted by Gasteiger charge is 2.36. The third-order valence-corrected chi connectivity index (χ3v) is 2.06. The average molecular weight is 294 g/mol. The Labute approximate surface area is 110 Å². The van der Waals surface area contributed by atoms with Crippen LogP contribution in [0.5, 0.6) is 5.88 Å². The van der Waals surface area contributed by atoms with E-state index in [0.717, 1.165) is 0 Å². The zero-order valence-corrected chi connectivity index (χ0v) is 10.4. The summed E-state index contributed by atoms with van der Waals surface area (Å²) in [5.41, 5.74) is -1.54. The third kappa shape index (κ3) is 3.80. The van der Waals surface area contributed by atoms with Crippen LogP contribution in [0, 0.1) is 17.0 Å². The first-order valence-corrected chi connectivity index (χ1v) is 5.24. The molecular weight excluding hydrogens is 285 g/mol. The number of hydrogen-bond donors (Lipinski definition) is 0. The van der Waals surface area contributed by atoms with Crippen molar-refractivity contribution in [2.24, 2.45) is 0 Å². The number of ether oxygens (including phenoxy) is 2. The molecule has 0 fully saturated rings. The van der Waals surface area contributed by atoms with Gasteiger partial charge < -0.3 is 9.47 Å². The van der Waals surface area contributed by atoms with Gasteiger partial charge in [0, 0.05) is 6.07 Å². The minimum atomic E-state index is -5.13. The molecule has 0 aromatic carbocycles. The molecule has 0 radical (unpaired) electrons. The molecule has 0 spiro atoms. The van der Waals surface area contributed by atoms with Crippen LogP contribution in [-0.2, 0) is 4.74 Å². The number of pyridine rings is 1. The van der Waals surface area contributed by atoms with Gasteiger partial charge in [0.25, 0.3) is 0 Å². The second-order valence-electron chi connectivity index (χ2n) is 3.47. The topological polar surface area (TPSA) is 91.6 Å². The average Bonchev–Trinajstić information content (AvgIpc) is 2.26. The Bertz CT molecular complexity index is 544. The van der Waals surface area contributed by atoms with Crippen LogP contribution in [0.15, 0.2) is 6.07 Å². The zero-order valence-electron chi connectivity index (χ0n) is 10.4. The summed E-state index contributed by atoms with van der Waals surface area (Å²) in [5.74, 6) is -2.15. The van der Waals surface area contributed by atoms with Gasteiger partial charge in [-0.05, 0) is 13.8 Å². The second kappa shape index (κ2) is 5.72. The first-order valence-electron chi connectivity index (χ1n) is 5.24. The van der Waals surface area contributed by atoms with E-state index in [9.17, 15) is 28.1 Å². The molecule has 0 aliphatic carbocycles. The van der Waals surface area contributed by atoms with E-state index in [2.05, 4.69) is 14.5 Å². The number of alkyl halides is 3. The van der Waals surface area contributed by atoms with Gasteiger partial charge in [-0.15, -0.1) is 13.2 Å². The Hall–Kier alpha value is -2.39. The van der Waals surface area contributed by atoms with Crippen LogP contribution in [0.25, 0.3) is 0 Å². The van der Waals surface area contributed by atoms with Gasteiger partial charge in [-0.25, -0.2) is 9.78 Å². The van der Waals surface area contributed by atoms with E-state index in [4.69, 9.17) is 0 Å². The Morgan fingerprint density at radius 2 is 2.10 bits per heavy atom. The maximum Gasteiger partial charge on any atom is 0.574 e. The van der Waals surface area contributed by atoms with Crippen molar-refractivity contribution >= 4 is 11.7 Å². The van der Waals surface area contributed by atoms with Crippen LogP contribution in [0.2, 0.25) is 0 Å². The van der Waals surface area contributed by atoms with Crippen molar-refractivity contribution in [1.29, 1.82) is 0 Å². The molecule has 0 saturated carbocycles. The number of carbonyl (C=O) groups excluding carboxylic acids is 1. The smallest absolute Gasteiger partial charge is 0.462 e. The van der Waals surface area contributed by atoms with E-state index in [-0.39, 0.29) is 17.9 Å². The maximum atomic E-state index is 12.1. The summed E-state index contributed by atoms with van der Waals surface area (Å²) < 4.78 is 44.4. The van der Waals surface area contributed by atoms with Crippen molar-refractivity contribution < 1.29 is 32.4 Å². The van der Waals surface area contributed by atoms with E-state index in [1.54, 1.807) is 0 Å². The monoisotopic (exact) mass is 294 g/mol. The van der Waals surface area contributed by atoms with Crippen LogP contribution in [0.1, 0.15) is 23.0 Å². The van der Waals surface area contributed by atoms with Gasteiger partial charge >= 0.3 is 23.9 Å². The maximum absolute atomic E-state index is 12.1. The predicted octanol–water partition coefficient (Wildman–Crippen LogP) is 2.37. The normalized spacial score (nSPS) is 11.1. The lowest BCUT2D eigenvalue weighted by Crippen LogP contribution is -2.20. The molecule has 110 valence electrons. The van der Waals surface area contributed by atoms with Crippen molar-refractivity contribution in [3.8, 4) is 5.88 Å². The summed E-state index contributed by atoms with van der Waals surface area (Å²) >= 11 is 0. The van der Waals surface area contributed by atoms with Gasteiger partial charge in [-0.2, -0.15) is 0 Å². The highest BCUT2D eigenvalue weighted by molar-refractivity contribution is 5.91. The van der Waals surface area contributed by atoms with Gasteiger partial charge in [0.15, 0.2) is 0 Å². The number of halogens is 3. The molecule has 0 saturated heterocycles. The van der Waals surface area contributed by atoms with E-state index in [1.165, 1.54) is 13.8 Å². The minimum absolute atomic E-state index is 0.00682. The summed E-state index contributed by atoms with van der Waals surface area (Å²) in [7, 11) is 0. The van der Waals surface area contributed by atoms with Crippen molar-refractivity contribution in [2.75, 3.05) is 6.61 Å². The quantitative estimate of drug-likeness (QED) is 0.481. The zero-order chi connectivity index (χ0) is 15.5. The molecule has 20 heavy (non-hydrogen) atoms. The summed E-state index contributed by atoms with van der Waals surface area (Å²) in [5, 5.41) is 10.7. The number of aryl methyl sites for hydroxylation is 1. The second-order valence-corrected chi connectivity index (χ2v) is 3.47. The molecule has 10 heteroatoms. The van der Waals surface area contributed by atoms with Gasteiger partial charge in [0.2, 0.25) is 0 Å². The van der Waals surface area contributed by atoms with Crippen LogP contribution in [0.4, 0.5) is 18.9 Å². The van der Waals surface area contributed by atoms with Gasteiger partial charge in [-0.1, -0.05) is 0 Å². The Kier molecular flexibility index (Phi) is 4.48. The lowest BCUT2D eigenvalue weighted by molar-refractivity contribution is -0.389. The molecule has 0 unspecified atom stereocenters. The first kappa shape index (κ1) is 15.7. The number of nitro groups is 1. The van der Waals surface area contributed by atoms with Crippen LogP contribution in [0.3, 0.4) is 0 Å². The predicted molar refractivity (Wildman–Crippen MR) is 58.3 cm³/mol. The third-order valence-electron chi connectivity index (χ3n) is 2.06. The first-order chi connectivity index (χ1) is 9.15. The fraction of sp³-hybridized carbons (Fsp3) is 0.400.